The van der Waals surface area contributed by atoms with Crippen LogP contribution in [0, 0.1) is 17.6 Å². The van der Waals surface area contributed by atoms with E-state index in [1.54, 1.807) is 11.8 Å². The minimum atomic E-state index is -0.909. The van der Waals surface area contributed by atoms with Gasteiger partial charge in [-0.15, -0.1) is 0 Å². The van der Waals surface area contributed by atoms with E-state index in [0.29, 0.717) is 6.54 Å². The number of hydrogen-bond donors (Lipinski definition) is 1. The number of rotatable bonds is 3. The van der Waals surface area contributed by atoms with E-state index < -0.39 is 29.7 Å². The van der Waals surface area contributed by atoms with Crippen LogP contribution in [0.25, 0.3) is 0 Å². The topological polar surface area (TPSA) is 40.5 Å². The molecule has 1 aromatic carbocycles. The number of benzene rings is 1. The van der Waals surface area contributed by atoms with Crippen molar-refractivity contribution in [1.29, 1.82) is 0 Å². The first-order chi connectivity index (χ1) is 8.91. The maximum absolute atomic E-state index is 13.8. The fraction of sp³-hybridized carbons (Fsp3) is 0.500. The van der Waals surface area contributed by atoms with Gasteiger partial charge in [-0.3, -0.25) is 9.69 Å². The van der Waals surface area contributed by atoms with Crippen LogP contribution in [-0.4, -0.2) is 28.6 Å². The highest BCUT2D eigenvalue weighted by atomic mass is 19.1. The van der Waals surface area contributed by atoms with Gasteiger partial charge in [-0.25, -0.2) is 8.78 Å². The minimum Gasteiger partial charge on any atom is -0.480 e. The normalized spacial score (nSPS) is 25.5. The van der Waals surface area contributed by atoms with Gasteiger partial charge in [0.25, 0.3) is 0 Å². The van der Waals surface area contributed by atoms with Crippen molar-refractivity contribution in [2.45, 2.75) is 32.4 Å². The summed E-state index contributed by atoms with van der Waals surface area (Å²) in [6.45, 7) is 4.16. The summed E-state index contributed by atoms with van der Waals surface area (Å²) in [5, 5.41) is 9.26. The van der Waals surface area contributed by atoms with Crippen molar-refractivity contribution in [1.82, 2.24) is 4.90 Å². The summed E-state index contributed by atoms with van der Waals surface area (Å²) >= 11 is 0. The molecule has 1 aliphatic heterocycles. The van der Waals surface area contributed by atoms with Crippen molar-refractivity contribution < 1.29 is 18.7 Å². The molecule has 3 nitrogen and oxygen atoms in total. The third kappa shape index (κ3) is 2.61. The molecule has 0 aliphatic carbocycles. The number of carbonyl (C=O) groups is 1. The van der Waals surface area contributed by atoms with Gasteiger partial charge in [-0.05, 0) is 44.0 Å². The Labute approximate surface area is 110 Å². The van der Waals surface area contributed by atoms with E-state index in [0.717, 1.165) is 24.6 Å². The Bertz CT molecular complexity index is 492. The lowest BCUT2D eigenvalue weighted by atomic mass is 10.0. The Hall–Kier alpha value is -1.49. The van der Waals surface area contributed by atoms with Gasteiger partial charge in [-0.1, -0.05) is 6.92 Å². The molecule has 1 N–H and O–H groups in total. The van der Waals surface area contributed by atoms with Crippen molar-refractivity contribution in [3.63, 3.8) is 0 Å². The lowest BCUT2D eigenvalue weighted by molar-refractivity contribution is -0.144. The van der Waals surface area contributed by atoms with Crippen LogP contribution in [0.15, 0.2) is 18.2 Å². The molecule has 0 radical (unpaired) electrons. The molecular formula is C14H17F2NO2. The smallest absolute Gasteiger partial charge is 0.321 e. The maximum Gasteiger partial charge on any atom is 0.321 e. The molecule has 0 bridgehead atoms. The summed E-state index contributed by atoms with van der Waals surface area (Å²) in [6, 6.07) is 2.19. The van der Waals surface area contributed by atoms with E-state index in [-0.39, 0.29) is 11.5 Å². The Kier molecular flexibility index (Phi) is 3.85. The zero-order valence-corrected chi connectivity index (χ0v) is 10.9. The van der Waals surface area contributed by atoms with E-state index in [1.807, 2.05) is 6.92 Å². The van der Waals surface area contributed by atoms with Crippen molar-refractivity contribution in [3.8, 4) is 0 Å². The minimum absolute atomic E-state index is 0.0107. The van der Waals surface area contributed by atoms with E-state index >= 15 is 0 Å². The number of carboxylic acids is 1. The second-order valence-electron chi connectivity index (χ2n) is 5.13. The van der Waals surface area contributed by atoms with Crippen LogP contribution in [0.4, 0.5) is 8.78 Å². The number of nitrogens with zero attached hydrogens (tertiary/aromatic N) is 1. The number of hydrogen-bond acceptors (Lipinski definition) is 2. The molecule has 1 aliphatic rings. The van der Waals surface area contributed by atoms with Gasteiger partial charge in [0.15, 0.2) is 0 Å². The SMILES string of the molecule is CC1CCN(C(C)c2cc(F)ccc2F)C1C(=O)O. The van der Waals surface area contributed by atoms with Crippen LogP contribution in [0.3, 0.4) is 0 Å². The molecule has 0 spiro atoms. The van der Waals surface area contributed by atoms with E-state index in [9.17, 15) is 18.7 Å². The van der Waals surface area contributed by atoms with Gasteiger partial charge in [0.05, 0.1) is 0 Å². The molecule has 5 heteroatoms. The predicted molar refractivity (Wildman–Crippen MR) is 66.7 cm³/mol. The maximum atomic E-state index is 13.8. The summed E-state index contributed by atoms with van der Waals surface area (Å²) < 4.78 is 27.0. The van der Waals surface area contributed by atoms with Crippen LogP contribution < -0.4 is 0 Å². The molecule has 0 saturated carbocycles. The lowest BCUT2D eigenvalue weighted by Crippen LogP contribution is -2.40. The second-order valence-corrected chi connectivity index (χ2v) is 5.13. The van der Waals surface area contributed by atoms with Gasteiger partial charge >= 0.3 is 5.97 Å². The Morgan fingerprint density at radius 1 is 1.47 bits per heavy atom. The van der Waals surface area contributed by atoms with Crippen molar-refractivity contribution >= 4 is 5.97 Å². The van der Waals surface area contributed by atoms with Crippen molar-refractivity contribution in [3.05, 3.63) is 35.4 Å². The first-order valence-electron chi connectivity index (χ1n) is 6.35. The average Bonchev–Trinajstić information content (AvgIpc) is 2.73. The van der Waals surface area contributed by atoms with Crippen LogP contribution in [0.2, 0.25) is 0 Å². The van der Waals surface area contributed by atoms with Crippen molar-refractivity contribution in [2.75, 3.05) is 6.54 Å². The molecule has 1 heterocycles. The third-order valence-corrected chi connectivity index (χ3v) is 3.90. The van der Waals surface area contributed by atoms with Gasteiger partial charge in [0.2, 0.25) is 0 Å². The molecule has 2 rings (SSSR count). The van der Waals surface area contributed by atoms with Crippen LogP contribution in [-0.2, 0) is 4.79 Å². The quantitative estimate of drug-likeness (QED) is 0.917. The summed E-state index contributed by atoms with van der Waals surface area (Å²) in [5.41, 5.74) is 0.209. The van der Waals surface area contributed by atoms with E-state index in [4.69, 9.17) is 0 Å². The van der Waals surface area contributed by atoms with E-state index in [1.165, 1.54) is 0 Å². The molecule has 0 amide bonds. The Morgan fingerprint density at radius 2 is 2.16 bits per heavy atom. The summed E-state index contributed by atoms with van der Waals surface area (Å²) in [6.07, 6.45) is 0.748. The third-order valence-electron chi connectivity index (χ3n) is 3.90. The van der Waals surface area contributed by atoms with Crippen LogP contribution in [0.1, 0.15) is 31.9 Å². The molecule has 1 fully saturated rings. The Balaban J connectivity index is 2.30. The number of halogens is 2. The van der Waals surface area contributed by atoms with Crippen LogP contribution >= 0.6 is 0 Å². The molecule has 104 valence electrons. The van der Waals surface area contributed by atoms with Gasteiger partial charge < -0.3 is 5.11 Å². The highest BCUT2D eigenvalue weighted by Crippen LogP contribution is 2.33. The molecule has 0 aromatic heterocycles. The monoisotopic (exact) mass is 269 g/mol. The zero-order valence-electron chi connectivity index (χ0n) is 10.9. The fourth-order valence-corrected chi connectivity index (χ4v) is 2.81. The largest absolute Gasteiger partial charge is 0.480 e. The number of carboxylic acid groups (broad SMARTS) is 1. The lowest BCUT2D eigenvalue weighted by Gasteiger charge is -2.30. The first-order valence-corrected chi connectivity index (χ1v) is 6.35. The molecule has 3 unspecified atom stereocenters. The summed E-state index contributed by atoms with van der Waals surface area (Å²) in [4.78, 5) is 13.0. The molecule has 3 atom stereocenters. The van der Waals surface area contributed by atoms with Gasteiger partial charge in [0.1, 0.15) is 17.7 Å². The number of likely N-dealkylation sites (tertiary alicyclic amines) is 1. The van der Waals surface area contributed by atoms with E-state index in [2.05, 4.69) is 0 Å². The van der Waals surface area contributed by atoms with Crippen molar-refractivity contribution in [2.24, 2.45) is 5.92 Å². The fourth-order valence-electron chi connectivity index (χ4n) is 2.81. The highest BCUT2D eigenvalue weighted by Gasteiger charge is 2.39. The first kappa shape index (κ1) is 13.9. The second kappa shape index (κ2) is 5.25. The molecule has 19 heavy (non-hydrogen) atoms. The number of aliphatic carboxylic acids is 1. The summed E-state index contributed by atoms with van der Waals surface area (Å²) in [7, 11) is 0. The van der Waals surface area contributed by atoms with Gasteiger partial charge in [0, 0.05) is 11.6 Å². The van der Waals surface area contributed by atoms with Crippen LogP contribution in [0.5, 0.6) is 0 Å². The average molecular weight is 269 g/mol. The predicted octanol–water partition coefficient (Wildman–Crippen LogP) is 2.82. The molecule has 1 aromatic rings. The Morgan fingerprint density at radius 3 is 2.79 bits per heavy atom. The molecular weight excluding hydrogens is 252 g/mol. The standard InChI is InChI=1S/C14H17F2NO2/c1-8-5-6-17(13(8)14(18)19)9(2)11-7-10(15)3-4-12(11)16/h3-4,7-9,13H,5-6H2,1-2H3,(H,18,19). The highest BCUT2D eigenvalue weighted by molar-refractivity contribution is 5.74. The van der Waals surface area contributed by atoms with Gasteiger partial charge in [-0.2, -0.15) is 0 Å². The molecule has 1 saturated heterocycles. The summed E-state index contributed by atoms with van der Waals surface area (Å²) in [5.74, 6) is -1.91. The zero-order chi connectivity index (χ0) is 14.2.